The van der Waals surface area contributed by atoms with Crippen LogP contribution in [0.1, 0.15) is 6.42 Å². The van der Waals surface area contributed by atoms with Gasteiger partial charge in [0.05, 0.1) is 26.4 Å². The maximum Gasteiger partial charge on any atom is 0.153 e. The zero-order valence-electron chi connectivity index (χ0n) is 8.54. The zero-order chi connectivity index (χ0) is 11.1. The summed E-state index contributed by atoms with van der Waals surface area (Å²) in [6.07, 6.45) is -0.525. The lowest BCUT2D eigenvalue weighted by Crippen LogP contribution is -2.06. The van der Waals surface area contributed by atoms with E-state index in [4.69, 9.17) is 29.5 Å². The molecule has 15 heavy (non-hydrogen) atoms. The zero-order valence-corrected chi connectivity index (χ0v) is 8.54. The van der Waals surface area contributed by atoms with Crippen LogP contribution >= 0.6 is 0 Å². The van der Waals surface area contributed by atoms with E-state index in [0.29, 0.717) is 12.2 Å². The Morgan fingerprint density at radius 1 is 1.13 bits per heavy atom. The summed E-state index contributed by atoms with van der Waals surface area (Å²) < 4.78 is 15.1. The number of aliphatic hydroxyl groups excluding tert-OH is 2. The first-order valence-corrected chi connectivity index (χ1v) is 5.00. The minimum absolute atomic E-state index is 0.0417. The van der Waals surface area contributed by atoms with Crippen LogP contribution in [0.4, 0.5) is 0 Å². The maximum absolute atomic E-state index is 7.95. The van der Waals surface area contributed by atoms with E-state index in [2.05, 4.69) is 0 Å². The van der Waals surface area contributed by atoms with Gasteiger partial charge in [0.2, 0.25) is 0 Å². The largest absolute Gasteiger partial charge is 0.396 e. The molecule has 2 atom stereocenters. The summed E-state index contributed by atoms with van der Waals surface area (Å²) >= 11 is 0. The standard InChI is InChI=1S/C6H10O3.C3H8O3/c1(5-3-8-5)7-2-6-4-9-6;4-2-1-3(5)6/h5-6H,1-4H2;3-6H,1-2H2. The number of aliphatic hydroxyl groups is 3. The Balaban J connectivity index is 0.000000167. The second-order valence-electron chi connectivity index (χ2n) is 3.44. The Labute approximate surface area is 88.4 Å². The molecule has 2 unspecified atom stereocenters. The summed E-state index contributed by atoms with van der Waals surface area (Å²) in [5, 5.41) is 23.8. The molecule has 3 N–H and O–H groups in total. The summed E-state index contributed by atoms with van der Waals surface area (Å²) in [7, 11) is 0. The van der Waals surface area contributed by atoms with Crippen LogP contribution in [-0.2, 0) is 14.2 Å². The van der Waals surface area contributed by atoms with Gasteiger partial charge in [-0.05, 0) is 0 Å². The smallest absolute Gasteiger partial charge is 0.153 e. The second kappa shape index (κ2) is 7.10. The predicted molar refractivity (Wildman–Crippen MR) is 50.2 cm³/mol. The van der Waals surface area contributed by atoms with E-state index >= 15 is 0 Å². The molecular weight excluding hydrogens is 204 g/mol. The highest BCUT2D eigenvalue weighted by Crippen LogP contribution is 2.12. The molecule has 0 saturated carbocycles. The fourth-order valence-corrected chi connectivity index (χ4v) is 0.775. The van der Waals surface area contributed by atoms with Crippen LogP contribution in [0.25, 0.3) is 0 Å². The van der Waals surface area contributed by atoms with E-state index in [1.54, 1.807) is 0 Å². The Morgan fingerprint density at radius 3 is 1.80 bits per heavy atom. The molecular formula is C9H18O6. The predicted octanol–water partition coefficient (Wildman–Crippen LogP) is -1.52. The number of ether oxygens (including phenoxy) is 3. The molecule has 2 fully saturated rings. The third kappa shape index (κ3) is 8.73. The third-order valence-electron chi connectivity index (χ3n) is 1.80. The Hall–Kier alpha value is -0.240. The Morgan fingerprint density at radius 2 is 1.60 bits per heavy atom. The van der Waals surface area contributed by atoms with E-state index in [0.717, 1.165) is 26.4 Å². The molecule has 2 saturated heterocycles. The van der Waals surface area contributed by atoms with Crippen LogP contribution in [-0.4, -0.2) is 66.9 Å². The minimum atomic E-state index is -1.35. The first-order chi connectivity index (χ1) is 7.22. The summed E-state index contributed by atoms with van der Waals surface area (Å²) in [6.45, 7) is 3.09. The van der Waals surface area contributed by atoms with E-state index < -0.39 is 6.29 Å². The molecule has 2 heterocycles. The Bertz CT molecular complexity index is 143. The molecule has 0 aromatic carbocycles. The SMILES string of the molecule is C(OCC1CO1)C1CO1.OCCC(O)O. The molecule has 0 spiro atoms. The van der Waals surface area contributed by atoms with Crippen LogP contribution in [0, 0.1) is 0 Å². The quantitative estimate of drug-likeness (QED) is 0.373. The van der Waals surface area contributed by atoms with Crippen molar-refractivity contribution >= 4 is 0 Å². The molecule has 2 aliphatic heterocycles. The molecule has 6 nitrogen and oxygen atoms in total. The molecule has 0 aromatic rings. The van der Waals surface area contributed by atoms with Gasteiger partial charge in [0.25, 0.3) is 0 Å². The molecule has 2 rings (SSSR count). The number of rotatable bonds is 6. The topological polar surface area (TPSA) is 95.0 Å². The second-order valence-corrected chi connectivity index (χ2v) is 3.44. The van der Waals surface area contributed by atoms with E-state index in [9.17, 15) is 0 Å². The van der Waals surface area contributed by atoms with Gasteiger partial charge in [0, 0.05) is 13.0 Å². The van der Waals surface area contributed by atoms with Gasteiger partial charge in [-0.2, -0.15) is 0 Å². The van der Waals surface area contributed by atoms with Crippen molar-refractivity contribution in [2.75, 3.05) is 33.0 Å². The summed E-state index contributed by atoms with van der Waals surface area (Å²) in [5.41, 5.74) is 0. The minimum Gasteiger partial charge on any atom is -0.396 e. The fourth-order valence-electron chi connectivity index (χ4n) is 0.775. The molecule has 0 amide bonds. The van der Waals surface area contributed by atoms with Crippen LogP contribution in [0.3, 0.4) is 0 Å². The van der Waals surface area contributed by atoms with Crippen LogP contribution in [0.2, 0.25) is 0 Å². The summed E-state index contributed by atoms with van der Waals surface area (Å²) in [6, 6.07) is 0. The average Bonchev–Trinajstić information content (AvgIpc) is 2.99. The van der Waals surface area contributed by atoms with Gasteiger partial charge in [-0.15, -0.1) is 0 Å². The van der Waals surface area contributed by atoms with Gasteiger partial charge in [-0.3, -0.25) is 0 Å². The molecule has 90 valence electrons. The fraction of sp³-hybridized carbons (Fsp3) is 1.00. The Kier molecular flexibility index (Phi) is 6.07. The lowest BCUT2D eigenvalue weighted by molar-refractivity contribution is -0.0537. The molecule has 0 aromatic heterocycles. The lowest BCUT2D eigenvalue weighted by Gasteiger charge is -1.95. The highest BCUT2D eigenvalue weighted by Gasteiger charge is 2.26. The monoisotopic (exact) mass is 222 g/mol. The van der Waals surface area contributed by atoms with Gasteiger partial charge >= 0.3 is 0 Å². The summed E-state index contributed by atoms with van der Waals surface area (Å²) in [4.78, 5) is 0. The third-order valence-corrected chi connectivity index (χ3v) is 1.80. The molecule has 2 aliphatic rings. The van der Waals surface area contributed by atoms with Crippen molar-refractivity contribution in [3.8, 4) is 0 Å². The van der Waals surface area contributed by atoms with E-state index in [1.807, 2.05) is 0 Å². The van der Waals surface area contributed by atoms with Gasteiger partial charge in [-0.1, -0.05) is 0 Å². The van der Waals surface area contributed by atoms with Crippen LogP contribution < -0.4 is 0 Å². The number of epoxide rings is 2. The van der Waals surface area contributed by atoms with E-state index in [1.165, 1.54) is 0 Å². The van der Waals surface area contributed by atoms with Crippen molar-refractivity contribution in [2.45, 2.75) is 24.9 Å². The summed E-state index contributed by atoms with van der Waals surface area (Å²) in [5.74, 6) is 0. The van der Waals surface area contributed by atoms with Gasteiger partial charge in [0.15, 0.2) is 6.29 Å². The highest BCUT2D eigenvalue weighted by atomic mass is 16.6. The van der Waals surface area contributed by atoms with Gasteiger partial charge < -0.3 is 29.5 Å². The maximum atomic E-state index is 7.95. The van der Waals surface area contributed by atoms with Crippen LogP contribution in [0.15, 0.2) is 0 Å². The normalized spacial score (nSPS) is 27.2. The van der Waals surface area contributed by atoms with Crippen LogP contribution in [0.5, 0.6) is 0 Å². The van der Waals surface area contributed by atoms with Crippen molar-refractivity contribution in [3.05, 3.63) is 0 Å². The first-order valence-electron chi connectivity index (χ1n) is 5.00. The first kappa shape index (κ1) is 12.8. The number of hydrogen-bond donors (Lipinski definition) is 3. The lowest BCUT2D eigenvalue weighted by atomic mass is 10.5. The highest BCUT2D eigenvalue weighted by molar-refractivity contribution is 4.71. The van der Waals surface area contributed by atoms with Crippen molar-refractivity contribution in [3.63, 3.8) is 0 Å². The van der Waals surface area contributed by atoms with Crippen molar-refractivity contribution in [2.24, 2.45) is 0 Å². The molecule has 0 aliphatic carbocycles. The van der Waals surface area contributed by atoms with Crippen molar-refractivity contribution in [1.29, 1.82) is 0 Å². The molecule has 0 radical (unpaired) electrons. The molecule has 0 bridgehead atoms. The number of hydrogen-bond acceptors (Lipinski definition) is 6. The van der Waals surface area contributed by atoms with E-state index in [-0.39, 0.29) is 13.0 Å². The van der Waals surface area contributed by atoms with Crippen molar-refractivity contribution in [1.82, 2.24) is 0 Å². The molecule has 6 heteroatoms. The van der Waals surface area contributed by atoms with Gasteiger partial charge in [-0.25, -0.2) is 0 Å². The van der Waals surface area contributed by atoms with Crippen molar-refractivity contribution < 1.29 is 29.5 Å². The average molecular weight is 222 g/mol. The van der Waals surface area contributed by atoms with Gasteiger partial charge in [0.1, 0.15) is 12.2 Å².